The molecule has 1 unspecified atom stereocenters. The van der Waals surface area contributed by atoms with E-state index in [9.17, 15) is 4.79 Å². The summed E-state index contributed by atoms with van der Waals surface area (Å²) in [7, 11) is 0. The summed E-state index contributed by atoms with van der Waals surface area (Å²) in [6.07, 6.45) is 1.05. The highest BCUT2D eigenvalue weighted by Crippen LogP contribution is 2.18. The zero-order valence-electron chi connectivity index (χ0n) is 9.96. The Morgan fingerprint density at radius 2 is 2.37 bits per heavy atom. The van der Waals surface area contributed by atoms with Crippen molar-refractivity contribution in [2.24, 2.45) is 5.16 Å². The van der Waals surface area contributed by atoms with Crippen LogP contribution in [0.2, 0.25) is 5.02 Å². The number of hydrogen-bond donors (Lipinski definition) is 0. The third kappa shape index (κ3) is 4.19. The molecule has 0 aromatic heterocycles. The first-order valence-corrected chi connectivity index (χ1v) is 6.82. The fraction of sp³-hybridized carbons (Fsp3) is 0.333. The summed E-state index contributed by atoms with van der Waals surface area (Å²) in [5.41, 5.74) is 0.820. The summed E-state index contributed by atoms with van der Waals surface area (Å²) < 4.78 is 0.731. The summed E-state index contributed by atoms with van der Waals surface area (Å²) in [6, 6.07) is 7.32. The molecule has 1 heterocycles. The zero-order valence-corrected chi connectivity index (χ0v) is 12.3. The second kappa shape index (κ2) is 6.88. The van der Waals surface area contributed by atoms with Crippen molar-refractivity contribution < 1.29 is 14.5 Å². The van der Waals surface area contributed by atoms with Gasteiger partial charge >= 0.3 is 0 Å². The predicted octanol–water partition coefficient (Wildman–Crippen LogP) is 2.73. The van der Waals surface area contributed by atoms with Gasteiger partial charge in [0.15, 0.2) is 6.10 Å². The Balaban J connectivity index is 1.83. The van der Waals surface area contributed by atoms with Crippen LogP contribution in [0.3, 0.4) is 0 Å². The first kappa shape index (κ1) is 14.3. The number of benzene rings is 1. The van der Waals surface area contributed by atoms with Gasteiger partial charge in [-0.25, -0.2) is 5.06 Å². The quantitative estimate of drug-likeness (QED) is 0.587. The van der Waals surface area contributed by atoms with E-state index >= 15 is 0 Å². The van der Waals surface area contributed by atoms with Gasteiger partial charge in [-0.2, -0.15) is 0 Å². The molecule has 0 radical (unpaired) electrons. The normalized spacial score (nSPS) is 17.8. The average Bonchev–Trinajstić information content (AvgIpc) is 2.81. The van der Waals surface area contributed by atoms with E-state index in [2.05, 4.69) is 21.1 Å². The van der Waals surface area contributed by atoms with E-state index in [4.69, 9.17) is 21.3 Å². The van der Waals surface area contributed by atoms with Crippen molar-refractivity contribution in [3.05, 3.63) is 34.9 Å². The van der Waals surface area contributed by atoms with Crippen LogP contribution < -0.4 is 0 Å². The Bertz CT molecular complexity index is 484. The number of hydroxylamine groups is 2. The van der Waals surface area contributed by atoms with Crippen LogP contribution in [0.1, 0.15) is 12.0 Å². The van der Waals surface area contributed by atoms with Crippen LogP contribution in [0.15, 0.2) is 29.4 Å². The standard InChI is InChI=1S/C12H12BrClN2O3/c13-12-5-10(19-15-12)6-16(8-17)18-7-9-3-1-2-4-11(9)14/h1-4,8,10H,5-7H2. The van der Waals surface area contributed by atoms with E-state index in [0.717, 1.165) is 10.2 Å². The number of rotatable bonds is 6. The van der Waals surface area contributed by atoms with Crippen LogP contribution in [-0.2, 0) is 21.1 Å². The van der Waals surface area contributed by atoms with Gasteiger partial charge in [0, 0.05) is 11.4 Å². The smallest absolute Gasteiger partial charge is 0.233 e. The third-order valence-electron chi connectivity index (χ3n) is 2.54. The molecule has 0 bridgehead atoms. The van der Waals surface area contributed by atoms with Crippen molar-refractivity contribution in [2.45, 2.75) is 19.1 Å². The van der Waals surface area contributed by atoms with Gasteiger partial charge < -0.3 is 4.84 Å². The molecule has 0 saturated carbocycles. The SMILES string of the molecule is O=CN(CC1CC(Br)=NO1)OCc1ccccc1Cl. The lowest BCUT2D eigenvalue weighted by Crippen LogP contribution is -2.31. The van der Waals surface area contributed by atoms with Crippen molar-refractivity contribution in [3.8, 4) is 0 Å². The maximum Gasteiger partial charge on any atom is 0.233 e. The van der Waals surface area contributed by atoms with Gasteiger partial charge in [0.25, 0.3) is 0 Å². The maximum atomic E-state index is 10.9. The molecule has 0 saturated heterocycles. The Kier molecular flexibility index (Phi) is 5.18. The van der Waals surface area contributed by atoms with Crippen LogP contribution in [0.5, 0.6) is 0 Å². The average molecular weight is 348 g/mol. The van der Waals surface area contributed by atoms with Gasteiger partial charge in [-0.1, -0.05) is 35.0 Å². The molecule has 0 aliphatic carbocycles. The number of oxime groups is 1. The van der Waals surface area contributed by atoms with E-state index in [0.29, 0.717) is 24.4 Å². The second-order valence-electron chi connectivity index (χ2n) is 3.97. The molecule has 1 amide bonds. The fourth-order valence-electron chi connectivity index (χ4n) is 1.59. The molecule has 5 nitrogen and oxygen atoms in total. The van der Waals surface area contributed by atoms with Crippen molar-refractivity contribution in [1.29, 1.82) is 0 Å². The molecule has 0 fully saturated rings. The number of hydrogen-bond acceptors (Lipinski definition) is 4. The molecular formula is C12H12BrClN2O3. The number of halogens is 2. The largest absolute Gasteiger partial charge is 0.389 e. The summed E-state index contributed by atoms with van der Waals surface area (Å²) in [4.78, 5) is 21.4. The van der Waals surface area contributed by atoms with Gasteiger partial charge in [-0.05, 0) is 27.6 Å². The van der Waals surface area contributed by atoms with Crippen LogP contribution in [-0.4, -0.2) is 28.7 Å². The Morgan fingerprint density at radius 3 is 3.00 bits per heavy atom. The topological polar surface area (TPSA) is 51.1 Å². The number of amides is 1. The lowest BCUT2D eigenvalue weighted by atomic mass is 10.2. The second-order valence-corrected chi connectivity index (χ2v) is 5.29. The number of carbonyl (C=O) groups excluding carboxylic acids is 1. The van der Waals surface area contributed by atoms with Crippen LogP contribution in [0.4, 0.5) is 0 Å². The predicted molar refractivity (Wildman–Crippen MR) is 74.9 cm³/mol. The number of carbonyl (C=O) groups is 1. The van der Waals surface area contributed by atoms with Gasteiger partial charge in [0.05, 0.1) is 6.54 Å². The highest BCUT2D eigenvalue weighted by Gasteiger charge is 2.22. The maximum absolute atomic E-state index is 10.9. The molecular weight excluding hydrogens is 336 g/mol. The number of nitrogens with zero attached hydrogens (tertiary/aromatic N) is 2. The Morgan fingerprint density at radius 1 is 1.58 bits per heavy atom. The molecule has 102 valence electrons. The lowest BCUT2D eigenvalue weighted by Gasteiger charge is -2.19. The van der Waals surface area contributed by atoms with Gasteiger partial charge in [-0.3, -0.25) is 9.63 Å². The minimum atomic E-state index is -0.189. The molecule has 1 aromatic carbocycles. The van der Waals surface area contributed by atoms with Gasteiger partial charge in [0.1, 0.15) is 11.2 Å². The monoisotopic (exact) mass is 346 g/mol. The van der Waals surface area contributed by atoms with E-state index in [1.807, 2.05) is 18.2 Å². The van der Waals surface area contributed by atoms with Crippen molar-refractivity contribution in [2.75, 3.05) is 6.54 Å². The fourth-order valence-corrected chi connectivity index (χ4v) is 2.22. The zero-order chi connectivity index (χ0) is 13.7. The minimum absolute atomic E-state index is 0.189. The lowest BCUT2D eigenvalue weighted by molar-refractivity contribution is -0.185. The van der Waals surface area contributed by atoms with Gasteiger partial charge in [-0.15, -0.1) is 0 Å². The van der Waals surface area contributed by atoms with Crippen LogP contribution >= 0.6 is 27.5 Å². The van der Waals surface area contributed by atoms with Crippen molar-refractivity contribution in [1.82, 2.24) is 5.06 Å². The first-order valence-electron chi connectivity index (χ1n) is 5.65. The van der Waals surface area contributed by atoms with E-state index in [1.165, 1.54) is 5.06 Å². The molecule has 2 rings (SSSR count). The van der Waals surface area contributed by atoms with Crippen LogP contribution in [0, 0.1) is 0 Å². The summed E-state index contributed by atoms with van der Waals surface area (Å²) in [5, 5.41) is 5.55. The molecule has 1 aromatic rings. The highest BCUT2D eigenvalue weighted by atomic mass is 79.9. The molecule has 1 aliphatic heterocycles. The Labute approximate surface area is 124 Å². The van der Waals surface area contributed by atoms with Crippen molar-refractivity contribution >= 4 is 38.6 Å². The third-order valence-corrected chi connectivity index (χ3v) is 3.38. The molecule has 7 heteroatoms. The van der Waals surface area contributed by atoms with Crippen LogP contribution in [0.25, 0.3) is 0 Å². The van der Waals surface area contributed by atoms with E-state index in [1.54, 1.807) is 6.07 Å². The molecule has 0 N–H and O–H groups in total. The first-order chi connectivity index (χ1) is 9.19. The highest BCUT2D eigenvalue weighted by molar-refractivity contribution is 9.18. The molecule has 0 spiro atoms. The summed E-state index contributed by atoms with van der Waals surface area (Å²) >= 11 is 9.24. The minimum Gasteiger partial charge on any atom is -0.389 e. The summed E-state index contributed by atoms with van der Waals surface area (Å²) in [5.74, 6) is 0. The van der Waals surface area contributed by atoms with E-state index < -0.39 is 0 Å². The summed E-state index contributed by atoms with van der Waals surface area (Å²) in [6.45, 7) is 0.541. The molecule has 19 heavy (non-hydrogen) atoms. The van der Waals surface area contributed by atoms with Crippen molar-refractivity contribution in [3.63, 3.8) is 0 Å². The Hall–Kier alpha value is -1.11. The van der Waals surface area contributed by atoms with Gasteiger partial charge in [0.2, 0.25) is 6.41 Å². The van der Waals surface area contributed by atoms with E-state index in [-0.39, 0.29) is 12.7 Å². The molecule has 1 atom stereocenters. The molecule has 1 aliphatic rings.